The van der Waals surface area contributed by atoms with E-state index in [1.165, 1.54) is 0 Å². The summed E-state index contributed by atoms with van der Waals surface area (Å²) < 4.78 is 28.6. The summed E-state index contributed by atoms with van der Waals surface area (Å²) in [5, 5.41) is 2.97. The highest BCUT2D eigenvalue weighted by Crippen LogP contribution is 2.22. The first-order valence-electron chi connectivity index (χ1n) is 10.3. The lowest BCUT2D eigenvalue weighted by atomic mass is 10.0. The Labute approximate surface area is 184 Å². The van der Waals surface area contributed by atoms with Gasteiger partial charge in [0, 0.05) is 5.69 Å². The van der Waals surface area contributed by atoms with E-state index < -0.39 is 16.1 Å². The number of nitrogens with one attached hydrogen (secondary N) is 2. The molecule has 0 aliphatic rings. The standard InChI is InChI=1S/C25H28N2O3S/c1-4-21-12-8-9-19(3)24(21)26-25(28)23(17-20-10-6-5-7-11-20)27-31(29,30)22-15-13-18(2)14-16-22/h5-16,23,27H,4,17H2,1-3H3,(H,26,28). The molecule has 162 valence electrons. The monoisotopic (exact) mass is 436 g/mol. The van der Waals surface area contributed by atoms with Crippen molar-refractivity contribution in [2.45, 2.75) is 44.6 Å². The Bertz CT molecular complexity index is 1140. The van der Waals surface area contributed by atoms with Gasteiger partial charge < -0.3 is 5.32 Å². The molecule has 5 nitrogen and oxygen atoms in total. The maximum absolute atomic E-state index is 13.3. The number of hydrogen-bond acceptors (Lipinski definition) is 3. The molecule has 0 radical (unpaired) electrons. The fourth-order valence-electron chi connectivity index (χ4n) is 3.42. The minimum Gasteiger partial charge on any atom is -0.324 e. The van der Waals surface area contributed by atoms with Crippen molar-refractivity contribution in [1.29, 1.82) is 0 Å². The molecule has 1 amide bonds. The lowest BCUT2D eigenvalue weighted by Crippen LogP contribution is -2.45. The van der Waals surface area contributed by atoms with Crippen molar-refractivity contribution >= 4 is 21.6 Å². The molecule has 1 unspecified atom stereocenters. The van der Waals surface area contributed by atoms with Crippen molar-refractivity contribution in [2.75, 3.05) is 5.32 Å². The molecule has 0 saturated heterocycles. The average molecular weight is 437 g/mol. The molecule has 3 aromatic carbocycles. The highest BCUT2D eigenvalue weighted by Gasteiger charge is 2.27. The molecule has 0 aliphatic heterocycles. The van der Waals surface area contributed by atoms with E-state index in [1.807, 2.05) is 69.3 Å². The van der Waals surface area contributed by atoms with Crippen LogP contribution in [-0.4, -0.2) is 20.4 Å². The van der Waals surface area contributed by atoms with Gasteiger partial charge in [-0.2, -0.15) is 4.72 Å². The van der Waals surface area contributed by atoms with Crippen LogP contribution < -0.4 is 10.0 Å². The Morgan fingerprint density at radius 3 is 2.23 bits per heavy atom. The van der Waals surface area contributed by atoms with Gasteiger partial charge >= 0.3 is 0 Å². The molecule has 0 aromatic heterocycles. The van der Waals surface area contributed by atoms with Crippen LogP contribution in [0.25, 0.3) is 0 Å². The Balaban J connectivity index is 1.91. The fourth-order valence-corrected chi connectivity index (χ4v) is 4.62. The quantitative estimate of drug-likeness (QED) is 0.550. The van der Waals surface area contributed by atoms with Gasteiger partial charge in [-0.15, -0.1) is 0 Å². The number of benzene rings is 3. The molecule has 0 heterocycles. The maximum Gasteiger partial charge on any atom is 0.242 e. The van der Waals surface area contributed by atoms with E-state index >= 15 is 0 Å². The molecule has 1 atom stereocenters. The van der Waals surface area contributed by atoms with Crippen LogP contribution in [0.15, 0.2) is 77.7 Å². The second-order valence-electron chi connectivity index (χ2n) is 7.63. The number of hydrogen-bond donors (Lipinski definition) is 2. The van der Waals surface area contributed by atoms with Crippen molar-refractivity contribution in [3.8, 4) is 0 Å². The topological polar surface area (TPSA) is 75.3 Å². The van der Waals surface area contributed by atoms with Gasteiger partial charge in [-0.25, -0.2) is 8.42 Å². The highest BCUT2D eigenvalue weighted by molar-refractivity contribution is 7.89. The summed E-state index contributed by atoms with van der Waals surface area (Å²) in [6, 6.07) is 20.8. The second kappa shape index (κ2) is 9.90. The molecule has 3 aromatic rings. The first-order valence-corrected chi connectivity index (χ1v) is 11.8. The van der Waals surface area contributed by atoms with Crippen molar-refractivity contribution < 1.29 is 13.2 Å². The van der Waals surface area contributed by atoms with Crippen LogP contribution >= 0.6 is 0 Å². The van der Waals surface area contributed by atoms with E-state index in [4.69, 9.17) is 0 Å². The van der Waals surface area contributed by atoms with E-state index in [0.29, 0.717) is 0 Å². The Morgan fingerprint density at radius 1 is 0.903 bits per heavy atom. The maximum atomic E-state index is 13.3. The molecule has 6 heteroatoms. The molecular formula is C25H28N2O3S. The number of sulfonamides is 1. The highest BCUT2D eigenvalue weighted by atomic mass is 32.2. The van der Waals surface area contributed by atoms with Gasteiger partial charge in [0.2, 0.25) is 15.9 Å². The molecule has 0 fully saturated rings. The number of aryl methyl sites for hydroxylation is 3. The molecule has 2 N–H and O–H groups in total. The van der Waals surface area contributed by atoms with Crippen molar-refractivity contribution in [1.82, 2.24) is 4.72 Å². The lowest BCUT2D eigenvalue weighted by molar-refractivity contribution is -0.117. The van der Waals surface area contributed by atoms with Gasteiger partial charge in [-0.05, 0) is 55.5 Å². The third-order valence-electron chi connectivity index (χ3n) is 5.22. The summed E-state index contributed by atoms with van der Waals surface area (Å²) in [5.41, 5.74) is 4.52. The lowest BCUT2D eigenvalue weighted by Gasteiger charge is -2.21. The largest absolute Gasteiger partial charge is 0.324 e. The molecular weight excluding hydrogens is 408 g/mol. The molecule has 0 bridgehead atoms. The summed E-state index contributed by atoms with van der Waals surface area (Å²) in [5.74, 6) is -0.386. The van der Waals surface area contributed by atoms with Gasteiger partial charge in [-0.1, -0.05) is 73.2 Å². The minimum absolute atomic E-state index is 0.133. The predicted octanol–water partition coefficient (Wildman–Crippen LogP) is 4.39. The van der Waals surface area contributed by atoms with Gasteiger partial charge in [0.25, 0.3) is 0 Å². The third kappa shape index (κ3) is 5.81. The molecule has 31 heavy (non-hydrogen) atoms. The Kier molecular flexibility index (Phi) is 7.25. The average Bonchev–Trinajstić information content (AvgIpc) is 2.75. The van der Waals surface area contributed by atoms with Crippen LogP contribution in [0.2, 0.25) is 0 Å². The van der Waals surface area contributed by atoms with Crippen molar-refractivity contribution in [3.05, 3.63) is 95.1 Å². The number of para-hydroxylation sites is 1. The van der Waals surface area contributed by atoms with E-state index in [9.17, 15) is 13.2 Å². The van der Waals surface area contributed by atoms with Gasteiger partial charge in [0.15, 0.2) is 0 Å². The SMILES string of the molecule is CCc1cccc(C)c1NC(=O)C(Cc1ccccc1)NS(=O)(=O)c1ccc(C)cc1. The van der Waals surface area contributed by atoms with E-state index in [1.54, 1.807) is 24.3 Å². The summed E-state index contributed by atoms with van der Waals surface area (Å²) in [7, 11) is -3.87. The zero-order chi connectivity index (χ0) is 22.4. The zero-order valence-electron chi connectivity index (χ0n) is 18.1. The zero-order valence-corrected chi connectivity index (χ0v) is 18.9. The Hall–Kier alpha value is -2.96. The van der Waals surface area contributed by atoms with Crippen LogP contribution in [0.1, 0.15) is 29.2 Å². The number of carbonyl (C=O) groups is 1. The summed E-state index contributed by atoms with van der Waals surface area (Å²) >= 11 is 0. The molecule has 0 aliphatic carbocycles. The number of carbonyl (C=O) groups excluding carboxylic acids is 1. The number of anilines is 1. The van der Waals surface area contributed by atoms with Crippen LogP contribution in [0.5, 0.6) is 0 Å². The van der Waals surface area contributed by atoms with Gasteiger partial charge in [0.05, 0.1) is 4.90 Å². The molecule has 3 rings (SSSR count). The van der Waals surface area contributed by atoms with E-state index in [2.05, 4.69) is 10.0 Å². The van der Waals surface area contributed by atoms with Crippen molar-refractivity contribution in [2.24, 2.45) is 0 Å². The van der Waals surface area contributed by atoms with Gasteiger partial charge in [-0.3, -0.25) is 4.79 Å². The summed E-state index contributed by atoms with van der Waals surface area (Å²) in [4.78, 5) is 13.4. The number of amides is 1. The first-order chi connectivity index (χ1) is 14.8. The predicted molar refractivity (Wildman–Crippen MR) is 125 cm³/mol. The summed E-state index contributed by atoms with van der Waals surface area (Å²) in [6.45, 7) is 5.84. The van der Waals surface area contributed by atoms with Crippen molar-refractivity contribution in [3.63, 3.8) is 0 Å². The van der Waals surface area contributed by atoms with Gasteiger partial charge in [0.1, 0.15) is 6.04 Å². The third-order valence-corrected chi connectivity index (χ3v) is 6.70. The summed E-state index contributed by atoms with van der Waals surface area (Å²) in [6.07, 6.45) is 1.00. The second-order valence-corrected chi connectivity index (χ2v) is 9.34. The van der Waals surface area contributed by atoms with Crippen LogP contribution in [-0.2, 0) is 27.7 Å². The molecule has 0 spiro atoms. The normalized spacial score (nSPS) is 12.4. The van der Waals surface area contributed by atoms with E-state index in [-0.39, 0.29) is 17.2 Å². The van der Waals surface area contributed by atoms with Crippen LogP contribution in [0.4, 0.5) is 5.69 Å². The minimum atomic E-state index is -3.87. The smallest absolute Gasteiger partial charge is 0.242 e. The van der Waals surface area contributed by atoms with Crippen LogP contribution in [0, 0.1) is 13.8 Å². The first kappa shape index (κ1) is 22.7. The fraction of sp³-hybridized carbons (Fsp3) is 0.240. The number of rotatable bonds is 8. The van der Waals surface area contributed by atoms with Crippen LogP contribution in [0.3, 0.4) is 0 Å². The Morgan fingerprint density at radius 2 is 1.58 bits per heavy atom. The molecule has 0 saturated carbocycles. The van der Waals surface area contributed by atoms with E-state index in [0.717, 1.165) is 34.4 Å².